The van der Waals surface area contributed by atoms with E-state index in [9.17, 15) is 22.8 Å². The lowest BCUT2D eigenvalue weighted by Crippen LogP contribution is -2.36. The predicted octanol–water partition coefficient (Wildman–Crippen LogP) is 4.76. The maximum atomic E-state index is 13.8. The van der Waals surface area contributed by atoms with Gasteiger partial charge in [-0.3, -0.25) is 9.59 Å². The van der Waals surface area contributed by atoms with E-state index in [1.54, 1.807) is 12.1 Å². The third-order valence-electron chi connectivity index (χ3n) is 4.91. The molecule has 0 saturated heterocycles. The number of hydrogen-bond donors (Lipinski definition) is 2. The summed E-state index contributed by atoms with van der Waals surface area (Å²) in [4.78, 5) is 25.1. The number of anilines is 2. The molecule has 0 bridgehead atoms. The van der Waals surface area contributed by atoms with Gasteiger partial charge < -0.3 is 10.6 Å². The van der Waals surface area contributed by atoms with Crippen LogP contribution >= 0.6 is 0 Å². The summed E-state index contributed by atoms with van der Waals surface area (Å²) in [5, 5.41) is 4.89. The molecule has 0 atom stereocenters. The van der Waals surface area contributed by atoms with Gasteiger partial charge in [0.1, 0.15) is 5.41 Å². The molecule has 1 aliphatic carbocycles. The fraction of sp³-hybridized carbons (Fsp3) is 0.333. The highest BCUT2D eigenvalue weighted by molar-refractivity contribution is 6.16. The standard InChI is InChI=1S/C21H21F3N2O2/c1-20(2,3)12-4-6-13(7-5-12)25-18(27)21(10-11-21)19(28)26-15-9-8-14(22)16(23)17(15)24/h4-9H,10-11H2,1-3H3,(H,25,27)(H,26,28). The van der Waals surface area contributed by atoms with Crippen LogP contribution in [0.15, 0.2) is 36.4 Å². The van der Waals surface area contributed by atoms with E-state index >= 15 is 0 Å². The van der Waals surface area contributed by atoms with Crippen LogP contribution < -0.4 is 10.6 Å². The van der Waals surface area contributed by atoms with E-state index in [0.717, 1.165) is 11.6 Å². The van der Waals surface area contributed by atoms with Gasteiger partial charge in [-0.1, -0.05) is 32.9 Å². The van der Waals surface area contributed by atoms with Crippen molar-refractivity contribution in [3.63, 3.8) is 0 Å². The molecule has 7 heteroatoms. The lowest BCUT2D eigenvalue weighted by molar-refractivity contribution is -0.131. The Morgan fingerprint density at radius 3 is 1.96 bits per heavy atom. The Morgan fingerprint density at radius 2 is 1.43 bits per heavy atom. The molecule has 3 rings (SSSR count). The van der Waals surface area contributed by atoms with Crippen molar-refractivity contribution in [1.82, 2.24) is 0 Å². The molecule has 2 aromatic rings. The first-order chi connectivity index (χ1) is 13.0. The van der Waals surface area contributed by atoms with E-state index < -0.39 is 40.4 Å². The molecule has 0 unspecified atom stereocenters. The molecule has 0 heterocycles. The summed E-state index contributed by atoms with van der Waals surface area (Å²) in [6.07, 6.45) is 0.575. The van der Waals surface area contributed by atoms with E-state index in [0.29, 0.717) is 11.8 Å². The molecule has 4 nitrogen and oxygen atoms in total. The Balaban J connectivity index is 1.71. The summed E-state index contributed by atoms with van der Waals surface area (Å²) >= 11 is 0. The van der Waals surface area contributed by atoms with Crippen LogP contribution in [0.25, 0.3) is 0 Å². The van der Waals surface area contributed by atoms with Crippen LogP contribution in [0.2, 0.25) is 0 Å². The predicted molar refractivity (Wildman–Crippen MR) is 100 cm³/mol. The Hall–Kier alpha value is -2.83. The van der Waals surface area contributed by atoms with Crippen molar-refractivity contribution in [3.8, 4) is 0 Å². The van der Waals surface area contributed by atoms with Gasteiger partial charge in [-0.25, -0.2) is 13.2 Å². The highest BCUT2D eigenvalue weighted by Gasteiger charge is 2.56. The highest BCUT2D eigenvalue weighted by Crippen LogP contribution is 2.47. The first-order valence-corrected chi connectivity index (χ1v) is 8.91. The molecule has 2 aromatic carbocycles. The summed E-state index contributed by atoms with van der Waals surface area (Å²) in [6, 6.07) is 8.93. The zero-order valence-electron chi connectivity index (χ0n) is 15.8. The molecule has 2 amide bonds. The Kier molecular flexibility index (Phi) is 4.95. The number of nitrogens with one attached hydrogen (secondary N) is 2. The number of carbonyl (C=O) groups is 2. The molecule has 1 saturated carbocycles. The molecule has 0 aliphatic heterocycles. The monoisotopic (exact) mass is 390 g/mol. The maximum Gasteiger partial charge on any atom is 0.240 e. The van der Waals surface area contributed by atoms with Crippen molar-refractivity contribution in [2.75, 3.05) is 10.6 Å². The zero-order valence-corrected chi connectivity index (χ0v) is 15.8. The van der Waals surface area contributed by atoms with Gasteiger partial charge in [-0.2, -0.15) is 0 Å². The van der Waals surface area contributed by atoms with Gasteiger partial charge in [0.25, 0.3) is 0 Å². The van der Waals surface area contributed by atoms with Crippen molar-refractivity contribution in [1.29, 1.82) is 0 Å². The smallest absolute Gasteiger partial charge is 0.240 e. The van der Waals surface area contributed by atoms with Gasteiger partial charge in [0.05, 0.1) is 5.69 Å². The van der Waals surface area contributed by atoms with Crippen molar-refractivity contribution in [3.05, 3.63) is 59.4 Å². The average molecular weight is 390 g/mol. The Labute approximate surface area is 161 Å². The first kappa shape index (κ1) is 19.9. The van der Waals surface area contributed by atoms with E-state index in [1.807, 2.05) is 12.1 Å². The van der Waals surface area contributed by atoms with Crippen LogP contribution in [-0.2, 0) is 15.0 Å². The molecule has 0 radical (unpaired) electrons. The van der Waals surface area contributed by atoms with Gasteiger partial charge in [-0.05, 0) is 48.1 Å². The molecular formula is C21H21F3N2O2. The largest absolute Gasteiger partial charge is 0.325 e. The second kappa shape index (κ2) is 6.96. The van der Waals surface area contributed by atoms with Crippen molar-refractivity contribution in [2.24, 2.45) is 5.41 Å². The van der Waals surface area contributed by atoms with E-state index in [-0.39, 0.29) is 18.3 Å². The normalized spacial score (nSPS) is 15.1. The number of hydrogen-bond acceptors (Lipinski definition) is 2. The fourth-order valence-corrected chi connectivity index (χ4v) is 2.85. The summed E-state index contributed by atoms with van der Waals surface area (Å²) in [7, 11) is 0. The number of rotatable bonds is 4. The van der Waals surface area contributed by atoms with Crippen molar-refractivity contribution >= 4 is 23.2 Å². The van der Waals surface area contributed by atoms with Crippen molar-refractivity contribution < 1.29 is 22.8 Å². The molecule has 1 aliphatic rings. The SMILES string of the molecule is CC(C)(C)c1ccc(NC(=O)C2(C(=O)Nc3ccc(F)c(F)c3F)CC2)cc1. The minimum Gasteiger partial charge on any atom is -0.325 e. The van der Waals surface area contributed by atoms with Crippen LogP contribution in [0, 0.1) is 22.9 Å². The summed E-state index contributed by atoms with van der Waals surface area (Å²) in [6.45, 7) is 6.21. The second-order valence-corrected chi connectivity index (χ2v) is 8.04. The van der Waals surface area contributed by atoms with Gasteiger partial charge in [-0.15, -0.1) is 0 Å². The minimum atomic E-state index is -1.67. The Morgan fingerprint density at radius 1 is 0.857 bits per heavy atom. The molecule has 148 valence electrons. The second-order valence-electron chi connectivity index (χ2n) is 8.04. The number of carbonyl (C=O) groups excluding carboxylic acids is 2. The van der Waals surface area contributed by atoms with E-state index in [2.05, 4.69) is 31.4 Å². The molecular weight excluding hydrogens is 369 g/mol. The molecule has 0 aromatic heterocycles. The zero-order chi connectivity index (χ0) is 20.7. The van der Waals surface area contributed by atoms with Crippen LogP contribution in [0.5, 0.6) is 0 Å². The topological polar surface area (TPSA) is 58.2 Å². The lowest BCUT2D eigenvalue weighted by atomic mass is 9.87. The van der Waals surface area contributed by atoms with E-state index in [1.165, 1.54) is 0 Å². The van der Waals surface area contributed by atoms with Crippen molar-refractivity contribution in [2.45, 2.75) is 39.0 Å². The van der Waals surface area contributed by atoms with Gasteiger partial charge in [0.15, 0.2) is 17.5 Å². The molecule has 1 fully saturated rings. The third-order valence-corrected chi connectivity index (χ3v) is 4.91. The van der Waals surface area contributed by atoms with Crippen LogP contribution in [0.1, 0.15) is 39.2 Å². The lowest BCUT2D eigenvalue weighted by Gasteiger charge is -2.20. The summed E-state index contributed by atoms with van der Waals surface area (Å²) in [5.41, 5.74) is -0.249. The van der Waals surface area contributed by atoms with E-state index in [4.69, 9.17) is 0 Å². The number of amides is 2. The fourth-order valence-electron chi connectivity index (χ4n) is 2.85. The molecule has 2 N–H and O–H groups in total. The molecule has 28 heavy (non-hydrogen) atoms. The minimum absolute atomic E-state index is 0.0331. The van der Waals surface area contributed by atoms with Crippen LogP contribution in [0.3, 0.4) is 0 Å². The number of halogens is 3. The van der Waals surface area contributed by atoms with Gasteiger partial charge in [0.2, 0.25) is 11.8 Å². The average Bonchev–Trinajstić information content (AvgIpc) is 3.44. The highest BCUT2D eigenvalue weighted by atomic mass is 19.2. The van der Waals surface area contributed by atoms with Crippen LogP contribution in [0.4, 0.5) is 24.5 Å². The first-order valence-electron chi connectivity index (χ1n) is 8.91. The maximum absolute atomic E-state index is 13.8. The van der Waals surface area contributed by atoms with Gasteiger partial charge in [0, 0.05) is 5.69 Å². The third kappa shape index (κ3) is 3.74. The van der Waals surface area contributed by atoms with Crippen LogP contribution in [-0.4, -0.2) is 11.8 Å². The Bertz CT molecular complexity index is 930. The van der Waals surface area contributed by atoms with Gasteiger partial charge >= 0.3 is 0 Å². The summed E-state index contributed by atoms with van der Waals surface area (Å²) in [5.74, 6) is -5.79. The number of benzene rings is 2. The summed E-state index contributed by atoms with van der Waals surface area (Å²) < 4.78 is 40.1. The quantitative estimate of drug-likeness (QED) is 0.584. The molecule has 0 spiro atoms.